The van der Waals surface area contributed by atoms with Crippen molar-refractivity contribution in [2.24, 2.45) is 4.99 Å². The van der Waals surface area contributed by atoms with Crippen LogP contribution in [0.15, 0.2) is 99.9 Å². The highest BCUT2D eigenvalue weighted by molar-refractivity contribution is 7.07. The topological polar surface area (TPSA) is 72.7 Å². The first kappa shape index (κ1) is 23.8. The number of anilines is 1. The van der Waals surface area contributed by atoms with Gasteiger partial charge in [-0.1, -0.05) is 71.5 Å². The van der Waals surface area contributed by atoms with Crippen molar-refractivity contribution >= 4 is 40.6 Å². The van der Waals surface area contributed by atoms with Crippen molar-refractivity contribution in [3.8, 4) is 5.75 Å². The number of benzene rings is 3. The van der Waals surface area contributed by atoms with Gasteiger partial charge in [0, 0.05) is 10.7 Å². The molecule has 0 bridgehead atoms. The Morgan fingerprint density at radius 3 is 2.44 bits per heavy atom. The van der Waals surface area contributed by atoms with Crippen LogP contribution in [-0.4, -0.2) is 17.6 Å². The second-order valence-corrected chi connectivity index (χ2v) is 9.61. The van der Waals surface area contributed by atoms with E-state index in [0.29, 0.717) is 36.9 Å². The van der Waals surface area contributed by atoms with Crippen LogP contribution >= 0.6 is 22.9 Å². The van der Waals surface area contributed by atoms with Gasteiger partial charge in [-0.3, -0.25) is 14.2 Å². The minimum atomic E-state index is -0.725. The number of methoxy groups -OCH3 is 1. The van der Waals surface area contributed by atoms with Gasteiger partial charge in [-0.05, 0) is 54.5 Å². The van der Waals surface area contributed by atoms with Crippen molar-refractivity contribution in [3.63, 3.8) is 0 Å². The zero-order valence-corrected chi connectivity index (χ0v) is 21.1. The van der Waals surface area contributed by atoms with Gasteiger partial charge in [0.15, 0.2) is 4.80 Å². The first-order chi connectivity index (χ1) is 17.5. The Balaban J connectivity index is 1.67. The maximum atomic E-state index is 13.7. The van der Waals surface area contributed by atoms with Gasteiger partial charge in [0.25, 0.3) is 11.5 Å². The van der Waals surface area contributed by atoms with E-state index >= 15 is 0 Å². The maximum Gasteiger partial charge on any atom is 0.271 e. The maximum absolute atomic E-state index is 13.7. The molecule has 0 saturated carbocycles. The third-order valence-electron chi connectivity index (χ3n) is 5.91. The van der Waals surface area contributed by atoms with Crippen LogP contribution in [0.5, 0.6) is 5.75 Å². The van der Waals surface area contributed by atoms with Gasteiger partial charge < -0.3 is 10.1 Å². The summed E-state index contributed by atoms with van der Waals surface area (Å²) in [5, 5.41) is 3.40. The van der Waals surface area contributed by atoms with Crippen LogP contribution < -0.4 is 24.9 Å². The molecule has 0 aliphatic carbocycles. The molecule has 6 nitrogen and oxygen atoms in total. The number of carbonyl (C=O) groups excluding carboxylic acids is 1. The number of aromatic nitrogens is 1. The van der Waals surface area contributed by atoms with E-state index in [1.54, 1.807) is 24.7 Å². The molecule has 4 aromatic rings. The molecule has 0 radical (unpaired) electrons. The lowest BCUT2D eigenvalue weighted by molar-refractivity contribution is -0.113. The number of hydrogen-bond acceptors (Lipinski definition) is 5. The number of halogens is 1. The normalized spacial score (nSPS) is 15.3. The number of carbonyl (C=O) groups is 1. The van der Waals surface area contributed by atoms with Crippen molar-refractivity contribution in [1.82, 2.24) is 4.57 Å². The van der Waals surface area contributed by atoms with E-state index < -0.39 is 6.04 Å². The molecule has 0 saturated heterocycles. The predicted molar refractivity (Wildman–Crippen MR) is 143 cm³/mol. The summed E-state index contributed by atoms with van der Waals surface area (Å²) in [6, 6.07) is 23.1. The molecule has 1 amide bonds. The number of rotatable bonds is 5. The van der Waals surface area contributed by atoms with Crippen LogP contribution in [0.1, 0.15) is 24.1 Å². The van der Waals surface area contributed by atoms with Crippen LogP contribution in [0.25, 0.3) is 6.08 Å². The molecule has 0 fully saturated rings. The minimum absolute atomic E-state index is 0.239. The summed E-state index contributed by atoms with van der Waals surface area (Å²) in [5.74, 6) is 0.397. The Hall–Kier alpha value is -3.94. The number of nitrogens with zero attached hydrogens (tertiary/aromatic N) is 2. The summed E-state index contributed by atoms with van der Waals surface area (Å²) >= 11 is 7.88. The molecule has 1 aliphatic heterocycles. The average molecular weight is 516 g/mol. The smallest absolute Gasteiger partial charge is 0.271 e. The molecule has 180 valence electrons. The fraction of sp³-hybridized carbons (Fsp3) is 0.107. The van der Waals surface area contributed by atoms with E-state index in [0.717, 1.165) is 11.3 Å². The Morgan fingerprint density at radius 2 is 1.75 bits per heavy atom. The van der Waals surface area contributed by atoms with E-state index in [9.17, 15) is 9.59 Å². The first-order valence-corrected chi connectivity index (χ1v) is 12.4. The van der Waals surface area contributed by atoms with E-state index in [4.69, 9.17) is 16.3 Å². The van der Waals surface area contributed by atoms with Gasteiger partial charge in [0.2, 0.25) is 0 Å². The van der Waals surface area contributed by atoms with Crippen molar-refractivity contribution in [2.75, 3.05) is 12.4 Å². The zero-order chi connectivity index (χ0) is 25.2. The van der Waals surface area contributed by atoms with Gasteiger partial charge in [0.05, 0.1) is 29.0 Å². The largest absolute Gasteiger partial charge is 0.497 e. The highest BCUT2D eigenvalue weighted by atomic mass is 35.5. The van der Waals surface area contributed by atoms with E-state index in [-0.39, 0.29) is 11.5 Å². The Kier molecular flexibility index (Phi) is 6.59. The SMILES string of the molecule is COc1ccc(/C=c2/sc3n(c2=O)[C@H](c2ccccc2Cl)C(C(=O)Nc2ccccc2)=C(C)N=3)cc1. The molecule has 2 heterocycles. The molecule has 0 spiro atoms. The number of para-hydroxylation sites is 1. The Bertz CT molecular complexity index is 1650. The molecule has 0 unspecified atom stereocenters. The Labute approximate surface area is 216 Å². The molecule has 1 atom stereocenters. The molecular weight excluding hydrogens is 494 g/mol. The molecule has 8 heteroatoms. The highest BCUT2D eigenvalue weighted by Gasteiger charge is 2.33. The lowest BCUT2D eigenvalue weighted by Gasteiger charge is -2.26. The lowest BCUT2D eigenvalue weighted by atomic mass is 9.95. The van der Waals surface area contributed by atoms with E-state index in [2.05, 4.69) is 10.3 Å². The summed E-state index contributed by atoms with van der Waals surface area (Å²) in [6.07, 6.45) is 1.82. The van der Waals surface area contributed by atoms with Crippen molar-refractivity contribution in [3.05, 3.63) is 126 Å². The van der Waals surface area contributed by atoms with Crippen LogP contribution in [0.3, 0.4) is 0 Å². The number of thiazole rings is 1. The third kappa shape index (κ3) is 4.51. The minimum Gasteiger partial charge on any atom is -0.497 e. The Morgan fingerprint density at radius 1 is 1.06 bits per heavy atom. The van der Waals surface area contributed by atoms with E-state index in [1.165, 1.54) is 11.3 Å². The second kappa shape index (κ2) is 9.97. The van der Waals surface area contributed by atoms with Crippen LogP contribution in [0, 0.1) is 0 Å². The molecular formula is C28H22ClN3O3S. The van der Waals surface area contributed by atoms with Crippen molar-refractivity contribution in [1.29, 1.82) is 0 Å². The number of amides is 1. The monoisotopic (exact) mass is 515 g/mol. The average Bonchev–Trinajstić information content (AvgIpc) is 3.18. The molecule has 1 aliphatic rings. The van der Waals surface area contributed by atoms with Gasteiger partial charge in [-0.2, -0.15) is 0 Å². The van der Waals surface area contributed by atoms with Crippen LogP contribution in [-0.2, 0) is 4.79 Å². The zero-order valence-electron chi connectivity index (χ0n) is 19.6. The molecule has 36 heavy (non-hydrogen) atoms. The van der Waals surface area contributed by atoms with Gasteiger partial charge in [0.1, 0.15) is 5.75 Å². The molecule has 3 aromatic carbocycles. The van der Waals surface area contributed by atoms with Gasteiger partial charge in [-0.25, -0.2) is 4.99 Å². The van der Waals surface area contributed by atoms with E-state index in [1.807, 2.05) is 78.9 Å². The fourth-order valence-electron chi connectivity index (χ4n) is 4.17. The van der Waals surface area contributed by atoms with Crippen molar-refractivity contribution < 1.29 is 9.53 Å². The quantitative estimate of drug-likeness (QED) is 0.424. The first-order valence-electron chi connectivity index (χ1n) is 11.2. The third-order valence-corrected chi connectivity index (χ3v) is 7.24. The fourth-order valence-corrected chi connectivity index (χ4v) is 5.46. The predicted octanol–water partition coefficient (Wildman–Crippen LogP) is 4.54. The van der Waals surface area contributed by atoms with Gasteiger partial charge >= 0.3 is 0 Å². The lowest BCUT2D eigenvalue weighted by Crippen LogP contribution is -2.40. The number of nitrogens with one attached hydrogen (secondary N) is 1. The summed E-state index contributed by atoms with van der Waals surface area (Å²) in [7, 11) is 1.61. The van der Waals surface area contributed by atoms with Crippen LogP contribution in [0.4, 0.5) is 5.69 Å². The summed E-state index contributed by atoms with van der Waals surface area (Å²) in [4.78, 5) is 32.5. The molecule has 5 rings (SSSR count). The number of hydrogen-bond donors (Lipinski definition) is 1. The number of ether oxygens (including phenoxy) is 1. The summed E-state index contributed by atoms with van der Waals surface area (Å²) in [5.41, 5.74) is 2.83. The summed E-state index contributed by atoms with van der Waals surface area (Å²) in [6.45, 7) is 1.78. The number of allylic oxidation sites excluding steroid dienone is 1. The number of fused-ring (bicyclic) bond motifs is 1. The molecule has 1 aromatic heterocycles. The highest BCUT2D eigenvalue weighted by Crippen LogP contribution is 2.34. The van der Waals surface area contributed by atoms with Crippen molar-refractivity contribution in [2.45, 2.75) is 13.0 Å². The van der Waals surface area contributed by atoms with Crippen LogP contribution in [0.2, 0.25) is 5.02 Å². The second-order valence-electron chi connectivity index (χ2n) is 8.20. The molecule has 1 N–H and O–H groups in total. The van der Waals surface area contributed by atoms with Gasteiger partial charge in [-0.15, -0.1) is 0 Å². The standard InChI is InChI=1S/C28H22ClN3O3S/c1-17-24(26(33)31-19-8-4-3-5-9-19)25(21-10-6-7-11-22(21)29)32-27(34)23(36-28(32)30-17)16-18-12-14-20(35-2)15-13-18/h3-16,25H,1-2H3,(H,31,33)/b23-16+/t25-/m1/s1. The summed E-state index contributed by atoms with van der Waals surface area (Å²) < 4.78 is 7.30.